The molecule has 0 bridgehead atoms. The van der Waals surface area contributed by atoms with Gasteiger partial charge in [0.2, 0.25) is 0 Å². The number of rotatable bonds is 9. The first-order valence-electron chi connectivity index (χ1n) is 10.4. The second-order valence-corrected chi connectivity index (χ2v) is 8.15. The van der Waals surface area contributed by atoms with Gasteiger partial charge in [-0.05, 0) is 45.6 Å². The normalized spacial score (nSPS) is 12.3. The van der Waals surface area contributed by atoms with Crippen LogP contribution in [-0.4, -0.2) is 34.5 Å². The number of nitro groups is 1. The fraction of sp³-hybridized carbons (Fsp3) is 0.120. The molecule has 174 valence electrons. The first-order chi connectivity index (χ1) is 16.4. The molecule has 0 unspecified atom stereocenters. The highest BCUT2D eigenvalue weighted by Gasteiger charge is 2.23. The van der Waals surface area contributed by atoms with Gasteiger partial charge in [-0.2, -0.15) is 0 Å². The van der Waals surface area contributed by atoms with Crippen LogP contribution in [0.5, 0.6) is 0 Å². The van der Waals surface area contributed by atoms with Crippen molar-refractivity contribution in [2.75, 3.05) is 6.61 Å². The van der Waals surface area contributed by atoms with Crippen molar-refractivity contribution < 1.29 is 19.6 Å². The summed E-state index contributed by atoms with van der Waals surface area (Å²) in [7, 11) is 0. The lowest BCUT2D eigenvalue weighted by atomic mass is 10.1. The maximum atomic E-state index is 13.2. The van der Waals surface area contributed by atoms with E-state index in [9.17, 15) is 24.8 Å². The standard InChI is InChI=1S/C25H22BrN3O5/c26-22(19-12-7-13-21(15-19)29(33)34)23(28-24(31)18-10-5-2-6-11-18)25(32)27-20(16-30)14-17-8-3-1-4-9-17/h1-13,15,20,30H,14,16H2,(H,27,32)(H,28,31)/b23-22-/t20-/m0/s1. The largest absolute Gasteiger partial charge is 0.394 e. The molecule has 1 atom stereocenters. The number of hydrogen-bond donors (Lipinski definition) is 3. The van der Waals surface area contributed by atoms with E-state index in [0.29, 0.717) is 17.5 Å². The summed E-state index contributed by atoms with van der Waals surface area (Å²) in [5, 5.41) is 26.4. The van der Waals surface area contributed by atoms with Crippen molar-refractivity contribution in [1.82, 2.24) is 10.6 Å². The Morgan fingerprint density at radius 3 is 2.18 bits per heavy atom. The smallest absolute Gasteiger partial charge is 0.270 e. The summed E-state index contributed by atoms with van der Waals surface area (Å²) in [6.07, 6.45) is 0.372. The van der Waals surface area contributed by atoms with Crippen LogP contribution in [0.25, 0.3) is 4.48 Å². The Balaban J connectivity index is 1.93. The molecule has 0 aliphatic rings. The number of halogens is 1. The van der Waals surface area contributed by atoms with Crippen molar-refractivity contribution in [2.45, 2.75) is 12.5 Å². The maximum Gasteiger partial charge on any atom is 0.270 e. The summed E-state index contributed by atoms with van der Waals surface area (Å²) >= 11 is 3.34. The lowest BCUT2D eigenvalue weighted by Gasteiger charge is -2.19. The zero-order chi connectivity index (χ0) is 24.5. The molecule has 0 saturated carbocycles. The van der Waals surface area contributed by atoms with Gasteiger partial charge < -0.3 is 15.7 Å². The second-order valence-electron chi connectivity index (χ2n) is 7.36. The van der Waals surface area contributed by atoms with Crippen LogP contribution in [0.15, 0.2) is 90.6 Å². The highest BCUT2D eigenvalue weighted by atomic mass is 79.9. The first kappa shape index (κ1) is 24.8. The molecule has 0 aromatic heterocycles. The van der Waals surface area contributed by atoms with E-state index >= 15 is 0 Å². The van der Waals surface area contributed by atoms with Crippen LogP contribution < -0.4 is 10.6 Å². The maximum absolute atomic E-state index is 13.2. The average Bonchev–Trinajstić information content (AvgIpc) is 2.87. The molecule has 9 heteroatoms. The molecule has 0 aliphatic carbocycles. The van der Waals surface area contributed by atoms with E-state index in [-0.39, 0.29) is 22.5 Å². The Labute approximate surface area is 204 Å². The quantitative estimate of drug-likeness (QED) is 0.223. The SMILES string of the molecule is O=C(N[C@H](CO)Cc1ccccc1)/C(NC(=O)c1ccccc1)=C(/Br)c1cccc([N+](=O)[O-])c1. The van der Waals surface area contributed by atoms with Crippen LogP contribution in [-0.2, 0) is 11.2 Å². The number of aliphatic hydroxyl groups is 1. The summed E-state index contributed by atoms with van der Waals surface area (Å²) in [4.78, 5) is 36.7. The van der Waals surface area contributed by atoms with Gasteiger partial charge in [-0.1, -0.05) is 60.7 Å². The summed E-state index contributed by atoms with van der Waals surface area (Å²) in [6, 6.07) is 22.7. The third-order valence-electron chi connectivity index (χ3n) is 4.91. The van der Waals surface area contributed by atoms with Crippen molar-refractivity contribution >= 4 is 37.9 Å². The van der Waals surface area contributed by atoms with Gasteiger partial charge in [0, 0.05) is 17.7 Å². The molecule has 2 amide bonds. The summed E-state index contributed by atoms with van der Waals surface area (Å²) in [5.74, 6) is -1.19. The van der Waals surface area contributed by atoms with Gasteiger partial charge in [-0.15, -0.1) is 0 Å². The third-order valence-corrected chi connectivity index (χ3v) is 5.77. The zero-order valence-corrected chi connectivity index (χ0v) is 19.6. The number of non-ortho nitro benzene ring substituents is 1. The minimum absolute atomic E-state index is 0.138. The Kier molecular flexibility index (Phi) is 8.66. The van der Waals surface area contributed by atoms with E-state index < -0.39 is 22.8 Å². The van der Waals surface area contributed by atoms with Crippen LogP contribution >= 0.6 is 15.9 Å². The Morgan fingerprint density at radius 1 is 0.941 bits per heavy atom. The first-order valence-corrected chi connectivity index (χ1v) is 11.1. The van der Waals surface area contributed by atoms with Gasteiger partial charge in [0.1, 0.15) is 5.70 Å². The molecule has 0 radical (unpaired) electrons. The minimum Gasteiger partial charge on any atom is -0.394 e. The Bertz CT molecular complexity index is 1200. The lowest BCUT2D eigenvalue weighted by molar-refractivity contribution is -0.384. The van der Waals surface area contributed by atoms with Gasteiger partial charge in [-0.3, -0.25) is 19.7 Å². The molecule has 3 N–H and O–H groups in total. The number of carbonyl (C=O) groups is 2. The van der Waals surface area contributed by atoms with Gasteiger partial charge in [-0.25, -0.2) is 0 Å². The zero-order valence-electron chi connectivity index (χ0n) is 18.0. The number of carbonyl (C=O) groups excluding carboxylic acids is 2. The van der Waals surface area contributed by atoms with Gasteiger partial charge in [0.15, 0.2) is 0 Å². The molecule has 0 aliphatic heterocycles. The molecule has 3 aromatic carbocycles. The average molecular weight is 524 g/mol. The molecule has 0 heterocycles. The van der Waals surface area contributed by atoms with Crippen molar-refractivity contribution in [3.05, 3.63) is 117 Å². The molecule has 3 rings (SSSR count). The van der Waals surface area contributed by atoms with Crippen molar-refractivity contribution in [3.63, 3.8) is 0 Å². The molecule has 8 nitrogen and oxygen atoms in total. The van der Waals surface area contributed by atoms with Gasteiger partial charge in [0.05, 0.1) is 22.1 Å². The Hall–Kier alpha value is -3.82. The van der Waals surface area contributed by atoms with Gasteiger partial charge in [0.25, 0.3) is 17.5 Å². The van der Waals surface area contributed by atoms with Crippen molar-refractivity contribution in [2.24, 2.45) is 0 Å². The van der Waals surface area contributed by atoms with E-state index in [0.717, 1.165) is 5.56 Å². The molecule has 0 saturated heterocycles. The topological polar surface area (TPSA) is 122 Å². The van der Waals surface area contributed by atoms with E-state index in [4.69, 9.17) is 0 Å². The molecular weight excluding hydrogens is 502 g/mol. The van der Waals surface area contributed by atoms with Crippen LogP contribution in [0.2, 0.25) is 0 Å². The molecule has 0 spiro atoms. The van der Waals surface area contributed by atoms with Crippen molar-refractivity contribution in [3.8, 4) is 0 Å². The van der Waals surface area contributed by atoms with Crippen molar-refractivity contribution in [1.29, 1.82) is 0 Å². The number of amides is 2. The predicted molar refractivity (Wildman–Crippen MR) is 132 cm³/mol. The molecule has 34 heavy (non-hydrogen) atoms. The minimum atomic E-state index is -0.655. The van der Waals surface area contributed by atoms with E-state index in [1.807, 2.05) is 30.3 Å². The molecular formula is C25H22BrN3O5. The lowest BCUT2D eigenvalue weighted by Crippen LogP contribution is -2.43. The fourth-order valence-corrected chi connectivity index (χ4v) is 3.73. The summed E-state index contributed by atoms with van der Waals surface area (Å²) in [6.45, 7) is -0.324. The number of benzene rings is 3. The summed E-state index contributed by atoms with van der Waals surface area (Å²) in [5.41, 5.74) is 1.27. The molecule has 3 aromatic rings. The van der Waals surface area contributed by atoms with Crippen LogP contribution in [0.3, 0.4) is 0 Å². The van der Waals surface area contributed by atoms with Crippen LogP contribution in [0.4, 0.5) is 5.69 Å². The predicted octanol–water partition coefficient (Wildman–Crippen LogP) is 3.81. The highest BCUT2D eigenvalue weighted by Crippen LogP contribution is 2.27. The van der Waals surface area contributed by atoms with E-state index in [1.165, 1.54) is 18.2 Å². The number of nitrogens with zero attached hydrogens (tertiary/aromatic N) is 1. The van der Waals surface area contributed by atoms with E-state index in [2.05, 4.69) is 26.6 Å². The number of nitrogens with one attached hydrogen (secondary N) is 2. The number of hydrogen-bond acceptors (Lipinski definition) is 5. The van der Waals surface area contributed by atoms with E-state index in [1.54, 1.807) is 36.4 Å². The van der Waals surface area contributed by atoms with Crippen LogP contribution in [0, 0.1) is 10.1 Å². The summed E-state index contributed by atoms with van der Waals surface area (Å²) < 4.78 is 0.161. The fourth-order valence-electron chi connectivity index (χ4n) is 3.20. The van der Waals surface area contributed by atoms with Crippen LogP contribution in [0.1, 0.15) is 21.5 Å². The van der Waals surface area contributed by atoms with Gasteiger partial charge >= 0.3 is 0 Å². The monoisotopic (exact) mass is 523 g/mol. The second kappa shape index (κ2) is 11.9. The highest BCUT2D eigenvalue weighted by molar-refractivity contribution is 9.15. The molecule has 0 fully saturated rings. The number of aliphatic hydroxyl groups excluding tert-OH is 1. The number of nitro benzene ring substituents is 1. The third kappa shape index (κ3) is 6.60. The Morgan fingerprint density at radius 2 is 1.56 bits per heavy atom.